The van der Waals surface area contributed by atoms with Crippen molar-refractivity contribution in [3.8, 4) is 5.75 Å². The summed E-state index contributed by atoms with van der Waals surface area (Å²) in [5, 5.41) is 9.29. The lowest BCUT2D eigenvalue weighted by Crippen LogP contribution is -2.13. The van der Waals surface area contributed by atoms with Crippen molar-refractivity contribution in [2.45, 2.75) is 20.0 Å². The Labute approximate surface area is 103 Å². The van der Waals surface area contributed by atoms with Gasteiger partial charge in [0, 0.05) is 11.7 Å². The number of carbonyl (C=O) groups is 2. The summed E-state index contributed by atoms with van der Waals surface area (Å²) < 4.78 is 5.59. The standard InChI is InChI=1S/C13H13NO4/c1-7(2)18-10-5-3-4-9-11(10)8(6-14-9)12(15)13(16)17/h3-7,14H,1-2H3,(H,16,17). The molecule has 1 aromatic heterocycles. The van der Waals surface area contributed by atoms with E-state index in [1.807, 2.05) is 13.8 Å². The Hall–Kier alpha value is -2.30. The van der Waals surface area contributed by atoms with Crippen LogP contribution in [0.4, 0.5) is 0 Å². The molecule has 0 saturated heterocycles. The number of hydrogen-bond acceptors (Lipinski definition) is 3. The monoisotopic (exact) mass is 247 g/mol. The second-order valence-corrected chi connectivity index (χ2v) is 4.18. The lowest BCUT2D eigenvalue weighted by molar-refractivity contribution is -0.131. The van der Waals surface area contributed by atoms with E-state index in [1.54, 1.807) is 18.2 Å². The minimum Gasteiger partial charge on any atom is -0.490 e. The van der Waals surface area contributed by atoms with Crippen LogP contribution in [-0.4, -0.2) is 27.9 Å². The van der Waals surface area contributed by atoms with Crippen molar-refractivity contribution in [1.82, 2.24) is 4.98 Å². The van der Waals surface area contributed by atoms with Gasteiger partial charge in [-0.2, -0.15) is 0 Å². The molecule has 0 spiro atoms. The van der Waals surface area contributed by atoms with E-state index in [2.05, 4.69) is 4.98 Å². The maximum Gasteiger partial charge on any atom is 0.377 e. The Morgan fingerprint density at radius 3 is 2.67 bits per heavy atom. The first-order chi connectivity index (χ1) is 8.50. The van der Waals surface area contributed by atoms with Gasteiger partial charge in [0.05, 0.1) is 17.1 Å². The van der Waals surface area contributed by atoms with Gasteiger partial charge in [0.15, 0.2) is 0 Å². The van der Waals surface area contributed by atoms with Crippen molar-refractivity contribution in [2.75, 3.05) is 0 Å². The molecule has 5 nitrogen and oxygen atoms in total. The van der Waals surface area contributed by atoms with Gasteiger partial charge < -0.3 is 14.8 Å². The highest BCUT2D eigenvalue weighted by Gasteiger charge is 2.21. The number of nitrogens with one attached hydrogen (secondary N) is 1. The molecule has 0 aliphatic carbocycles. The van der Waals surface area contributed by atoms with E-state index in [1.165, 1.54) is 6.20 Å². The zero-order valence-corrected chi connectivity index (χ0v) is 10.1. The summed E-state index contributed by atoms with van der Waals surface area (Å²) in [6.45, 7) is 3.73. The van der Waals surface area contributed by atoms with E-state index >= 15 is 0 Å². The van der Waals surface area contributed by atoms with Crippen LogP contribution in [0.3, 0.4) is 0 Å². The molecule has 0 amide bonds. The van der Waals surface area contributed by atoms with Crippen LogP contribution < -0.4 is 4.74 Å². The Kier molecular flexibility index (Phi) is 3.06. The van der Waals surface area contributed by atoms with Crippen LogP contribution in [0.2, 0.25) is 0 Å². The Balaban J connectivity index is 2.62. The summed E-state index contributed by atoms with van der Waals surface area (Å²) in [6, 6.07) is 5.27. The number of carboxylic acid groups (broad SMARTS) is 1. The molecule has 2 rings (SSSR count). The van der Waals surface area contributed by atoms with Gasteiger partial charge >= 0.3 is 5.97 Å². The quantitative estimate of drug-likeness (QED) is 0.641. The highest BCUT2D eigenvalue weighted by atomic mass is 16.5. The molecule has 0 unspecified atom stereocenters. The number of Topliss-reactive ketones (excluding diaryl/α,β-unsaturated/α-hetero) is 1. The highest BCUT2D eigenvalue weighted by molar-refractivity contribution is 6.42. The highest BCUT2D eigenvalue weighted by Crippen LogP contribution is 2.29. The van der Waals surface area contributed by atoms with Gasteiger partial charge in [0.2, 0.25) is 0 Å². The fraction of sp³-hybridized carbons (Fsp3) is 0.231. The predicted octanol–water partition coefficient (Wildman–Crippen LogP) is 2.22. The summed E-state index contributed by atoms with van der Waals surface area (Å²) in [6.07, 6.45) is 1.34. The van der Waals surface area contributed by atoms with Crippen molar-refractivity contribution < 1.29 is 19.4 Å². The van der Waals surface area contributed by atoms with Crippen LogP contribution in [0, 0.1) is 0 Å². The first kappa shape index (κ1) is 12.2. The van der Waals surface area contributed by atoms with Gasteiger partial charge in [-0.15, -0.1) is 0 Å². The predicted molar refractivity (Wildman–Crippen MR) is 66.0 cm³/mol. The molecule has 5 heteroatoms. The fourth-order valence-electron chi connectivity index (χ4n) is 1.80. The third-order valence-electron chi connectivity index (χ3n) is 2.47. The van der Waals surface area contributed by atoms with E-state index in [-0.39, 0.29) is 11.7 Å². The zero-order valence-electron chi connectivity index (χ0n) is 10.1. The molecule has 0 aliphatic heterocycles. The van der Waals surface area contributed by atoms with Gasteiger partial charge in [-0.05, 0) is 26.0 Å². The molecule has 0 aliphatic rings. The largest absolute Gasteiger partial charge is 0.490 e. The average molecular weight is 247 g/mol. The van der Waals surface area contributed by atoms with Crippen LogP contribution in [-0.2, 0) is 4.79 Å². The number of ether oxygens (including phenoxy) is 1. The van der Waals surface area contributed by atoms with Crippen LogP contribution in [0.25, 0.3) is 10.9 Å². The number of H-pyrrole nitrogens is 1. The summed E-state index contributed by atoms with van der Waals surface area (Å²) in [5.74, 6) is -1.91. The molecule has 0 saturated carbocycles. The topological polar surface area (TPSA) is 79.4 Å². The number of fused-ring (bicyclic) bond motifs is 1. The second-order valence-electron chi connectivity index (χ2n) is 4.18. The Morgan fingerprint density at radius 2 is 2.06 bits per heavy atom. The normalized spacial score (nSPS) is 10.8. The number of hydrogen-bond donors (Lipinski definition) is 2. The molecule has 2 N–H and O–H groups in total. The lowest BCUT2D eigenvalue weighted by atomic mass is 10.1. The molecule has 0 atom stereocenters. The number of ketones is 1. The van der Waals surface area contributed by atoms with Gasteiger partial charge in [-0.25, -0.2) is 4.79 Å². The molecule has 0 bridgehead atoms. The zero-order chi connectivity index (χ0) is 13.3. The van der Waals surface area contributed by atoms with Crippen molar-refractivity contribution in [1.29, 1.82) is 0 Å². The van der Waals surface area contributed by atoms with Gasteiger partial charge in [-0.1, -0.05) is 6.07 Å². The van der Waals surface area contributed by atoms with Crippen LogP contribution in [0.5, 0.6) is 5.75 Å². The maximum atomic E-state index is 11.6. The lowest BCUT2D eigenvalue weighted by Gasteiger charge is -2.11. The third-order valence-corrected chi connectivity index (χ3v) is 2.47. The van der Waals surface area contributed by atoms with E-state index in [0.717, 1.165) is 0 Å². The number of aliphatic carboxylic acids is 1. The van der Waals surface area contributed by atoms with E-state index in [0.29, 0.717) is 16.7 Å². The van der Waals surface area contributed by atoms with Gasteiger partial charge in [0.25, 0.3) is 5.78 Å². The minimum absolute atomic E-state index is 0.0571. The van der Waals surface area contributed by atoms with Crippen molar-refractivity contribution in [3.05, 3.63) is 30.0 Å². The molecule has 1 aromatic carbocycles. The summed E-state index contributed by atoms with van der Waals surface area (Å²) in [7, 11) is 0. The summed E-state index contributed by atoms with van der Waals surface area (Å²) in [4.78, 5) is 25.2. The van der Waals surface area contributed by atoms with E-state index in [4.69, 9.17) is 9.84 Å². The van der Waals surface area contributed by atoms with Crippen molar-refractivity contribution in [2.24, 2.45) is 0 Å². The first-order valence-corrected chi connectivity index (χ1v) is 5.55. The fourth-order valence-corrected chi connectivity index (χ4v) is 1.80. The van der Waals surface area contributed by atoms with Crippen LogP contribution in [0.15, 0.2) is 24.4 Å². The molecule has 2 aromatic rings. The van der Waals surface area contributed by atoms with Crippen molar-refractivity contribution >= 4 is 22.7 Å². The molecular formula is C13H13NO4. The molecule has 18 heavy (non-hydrogen) atoms. The number of rotatable bonds is 4. The van der Waals surface area contributed by atoms with Gasteiger partial charge in [-0.3, -0.25) is 4.79 Å². The smallest absolute Gasteiger partial charge is 0.377 e. The number of benzene rings is 1. The number of aromatic nitrogens is 1. The molecule has 0 fully saturated rings. The molecule has 0 radical (unpaired) electrons. The maximum absolute atomic E-state index is 11.6. The summed E-state index contributed by atoms with van der Waals surface area (Å²) in [5.41, 5.74) is 0.798. The third kappa shape index (κ3) is 2.07. The van der Waals surface area contributed by atoms with E-state index in [9.17, 15) is 9.59 Å². The van der Waals surface area contributed by atoms with Crippen LogP contribution in [0.1, 0.15) is 24.2 Å². The van der Waals surface area contributed by atoms with Crippen LogP contribution >= 0.6 is 0 Å². The number of carboxylic acids is 1. The number of aromatic amines is 1. The molecule has 1 heterocycles. The van der Waals surface area contributed by atoms with Gasteiger partial charge in [0.1, 0.15) is 5.75 Å². The van der Waals surface area contributed by atoms with Crippen molar-refractivity contribution in [3.63, 3.8) is 0 Å². The first-order valence-electron chi connectivity index (χ1n) is 5.55. The minimum atomic E-state index is -1.48. The Bertz CT molecular complexity index is 612. The second kappa shape index (κ2) is 4.52. The summed E-state index contributed by atoms with van der Waals surface area (Å²) >= 11 is 0. The molecular weight excluding hydrogens is 234 g/mol. The van der Waals surface area contributed by atoms with E-state index < -0.39 is 11.8 Å². The average Bonchev–Trinajstić information content (AvgIpc) is 2.72. The molecule has 94 valence electrons. The Morgan fingerprint density at radius 1 is 1.33 bits per heavy atom. The SMILES string of the molecule is CC(C)Oc1cccc2[nH]cc(C(=O)C(=O)O)c12. The number of carbonyl (C=O) groups excluding carboxylic acids is 1.